The van der Waals surface area contributed by atoms with E-state index < -0.39 is 11.9 Å². The Labute approximate surface area is 147 Å². The smallest absolute Gasteiger partial charge is 0.255 e. The van der Waals surface area contributed by atoms with Gasteiger partial charge in [-0.2, -0.15) is 0 Å². The highest BCUT2D eigenvalue weighted by Gasteiger charge is 2.10. The fourth-order valence-corrected chi connectivity index (χ4v) is 2.11. The molecule has 25 heavy (non-hydrogen) atoms. The highest BCUT2D eigenvalue weighted by molar-refractivity contribution is 6.30. The van der Waals surface area contributed by atoms with E-state index in [1.54, 1.807) is 24.3 Å². The van der Waals surface area contributed by atoms with E-state index in [9.17, 15) is 4.39 Å². The molecule has 2 heterocycles. The second-order valence-corrected chi connectivity index (χ2v) is 5.61. The Hall–Kier alpha value is -2.62. The van der Waals surface area contributed by atoms with Gasteiger partial charge < -0.3 is 15.6 Å². The summed E-state index contributed by atoms with van der Waals surface area (Å²) in [5.41, 5.74) is 6.27. The minimum Gasteiger partial charge on any atom is -0.436 e. The summed E-state index contributed by atoms with van der Waals surface area (Å²) in [5, 5.41) is 21.1. The minimum atomic E-state index is -0.653. The molecule has 1 aromatic carbocycles. The number of aliphatic hydroxyl groups excluding tert-OH is 1. The summed E-state index contributed by atoms with van der Waals surface area (Å²) < 4.78 is 19.1. The summed E-state index contributed by atoms with van der Waals surface area (Å²) in [6, 6.07) is 7.29. The monoisotopic (exact) mass is 364 g/mol. The van der Waals surface area contributed by atoms with Crippen molar-refractivity contribution in [2.24, 2.45) is 5.73 Å². The van der Waals surface area contributed by atoms with Crippen LogP contribution in [0, 0.1) is 5.82 Å². The number of hydrogen-bond donors (Lipinski definition) is 2. The van der Waals surface area contributed by atoms with Gasteiger partial charge in [0, 0.05) is 18.7 Å². The van der Waals surface area contributed by atoms with Gasteiger partial charge in [-0.3, -0.25) is 0 Å². The normalized spacial score (nSPS) is 12.2. The Kier molecular flexibility index (Phi) is 5.17. The molecular weight excluding hydrogens is 351 g/mol. The maximum atomic E-state index is 13.7. The van der Waals surface area contributed by atoms with Gasteiger partial charge in [0.1, 0.15) is 5.75 Å². The number of aliphatic hydroxyl groups is 1. The van der Waals surface area contributed by atoms with E-state index in [4.69, 9.17) is 27.2 Å². The van der Waals surface area contributed by atoms with Crippen molar-refractivity contribution in [2.75, 3.05) is 6.61 Å². The first kappa shape index (κ1) is 17.2. The summed E-state index contributed by atoms with van der Waals surface area (Å²) >= 11 is 5.65. The van der Waals surface area contributed by atoms with E-state index in [0.717, 1.165) is 6.07 Å². The van der Waals surface area contributed by atoms with Crippen molar-refractivity contribution in [3.05, 3.63) is 53.2 Å². The van der Waals surface area contributed by atoms with Crippen LogP contribution in [0.1, 0.15) is 5.82 Å². The van der Waals surface area contributed by atoms with Crippen molar-refractivity contribution in [3.8, 4) is 17.3 Å². The third-order valence-corrected chi connectivity index (χ3v) is 3.40. The number of hydrogen-bond acceptors (Lipinski definition) is 7. The second kappa shape index (κ2) is 7.51. The van der Waals surface area contributed by atoms with Gasteiger partial charge in [-0.15, -0.1) is 15.0 Å². The molecule has 0 saturated heterocycles. The largest absolute Gasteiger partial charge is 0.436 e. The SMILES string of the molecule is NC(CO)Cc1nnn(-c2ccc(Oc3ncc(Cl)cc3F)cc2)n1. The van der Waals surface area contributed by atoms with E-state index in [-0.39, 0.29) is 17.5 Å². The van der Waals surface area contributed by atoms with Crippen molar-refractivity contribution in [3.63, 3.8) is 0 Å². The van der Waals surface area contributed by atoms with Gasteiger partial charge >= 0.3 is 0 Å². The Bertz CT molecular complexity index is 857. The first-order valence-corrected chi connectivity index (χ1v) is 7.67. The Morgan fingerprint density at radius 1 is 1.32 bits per heavy atom. The first-order valence-electron chi connectivity index (χ1n) is 7.30. The molecule has 3 rings (SSSR count). The first-order chi connectivity index (χ1) is 12.0. The maximum absolute atomic E-state index is 13.7. The van der Waals surface area contributed by atoms with Crippen LogP contribution in [0.3, 0.4) is 0 Å². The zero-order chi connectivity index (χ0) is 17.8. The molecule has 0 aliphatic carbocycles. The lowest BCUT2D eigenvalue weighted by molar-refractivity contribution is 0.264. The highest BCUT2D eigenvalue weighted by Crippen LogP contribution is 2.24. The minimum absolute atomic E-state index is 0.157. The van der Waals surface area contributed by atoms with Crippen LogP contribution in [0.4, 0.5) is 4.39 Å². The van der Waals surface area contributed by atoms with Crippen LogP contribution >= 0.6 is 11.6 Å². The lowest BCUT2D eigenvalue weighted by Gasteiger charge is -2.06. The second-order valence-electron chi connectivity index (χ2n) is 5.18. The molecule has 3 N–H and O–H groups in total. The number of aromatic nitrogens is 5. The average Bonchev–Trinajstić information content (AvgIpc) is 3.06. The molecule has 3 aromatic rings. The van der Waals surface area contributed by atoms with Crippen LogP contribution < -0.4 is 10.5 Å². The van der Waals surface area contributed by atoms with Gasteiger partial charge in [-0.25, -0.2) is 9.37 Å². The molecule has 0 saturated carbocycles. The summed E-state index contributed by atoms with van der Waals surface area (Å²) in [6.07, 6.45) is 1.62. The molecule has 0 aliphatic rings. The number of ether oxygens (including phenoxy) is 1. The van der Waals surface area contributed by atoms with E-state index in [1.807, 2.05) is 0 Å². The van der Waals surface area contributed by atoms with Crippen molar-refractivity contribution >= 4 is 11.6 Å². The van der Waals surface area contributed by atoms with Gasteiger partial charge in [0.2, 0.25) is 0 Å². The summed E-state index contributed by atoms with van der Waals surface area (Å²) in [5.74, 6) is -0.00915. The number of nitrogens with two attached hydrogens (primary N) is 1. The number of rotatable bonds is 6. The molecule has 1 atom stereocenters. The molecule has 0 amide bonds. The van der Waals surface area contributed by atoms with Gasteiger partial charge in [0.05, 0.1) is 17.3 Å². The van der Waals surface area contributed by atoms with Gasteiger partial charge in [0.25, 0.3) is 5.88 Å². The summed E-state index contributed by atoms with van der Waals surface area (Å²) in [6.45, 7) is -0.157. The van der Waals surface area contributed by atoms with Crippen LogP contribution in [-0.2, 0) is 6.42 Å². The molecule has 1 unspecified atom stereocenters. The van der Waals surface area contributed by atoms with E-state index in [2.05, 4.69) is 20.4 Å². The summed E-state index contributed by atoms with van der Waals surface area (Å²) in [4.78, 5) is 5.12. The Balaban J connectivity index is 1.72. The molecule has 0 aliphatic heterocycles. The molecule has 0 radical (unpaired) electrons. The molecular formula is C15H14ClFN6O2. The van der Waals surface area contributed by atoms with Gasteiger partial charge in [-0.05, 0) is 35.5 Å². The van der Waals surface area contributed by atoms with E-state index in [0.29, 0.717) is 23.7 Å². The van der Waals surface area contributed by atoms with Crippen LogP contribution in [0.2, 0.25) is 5.02 Å². The van der Waals surface area contributed by atoms with Gasteiger partial charge in [-0.1, -0.05) is 11.6 Å². The molecule has 0 spiro atoms. The molecule has 10 heteroatoms. The Morgan fingerprint density at radius 2 is 2.08 bits per heavy atom. The van der Waals surface area contributed by atoms with Crippen molar-refractivity contribution < 1.29 is 14.2 Å². The third-order valence-electron chi connectivity index (χ3n) is 3.19. The maximum Gasteiger partial charge on any atom is 0.255 e. The third kappa shape index (κ3) is 4.27. The standard InChI is InChI=1S/C15H14ClFN6O2/c16-9-5-13(17)15(19-7-9)25-12-3-1-11(2-4-12)23-21-14(20-22-23)6-10(18)8-24/h1-5,7,10,24H,6,8,18H2. The van der Waals surface area contributed by atoms with Crippen molar-refractivity contribution in [1.82, 2.24) is 25.2 Å². The lowest BCUT2D eigenvalue weighted by Crippen LogP contribution is -2.27. The van der Waals surface area contributed by atoms with Crippen LogP contribution in [-0.4, -0.2) is 42.9 Å². The lowest BCUT2D eigenvalue weighted by atomic mass is 10.2. The quantitative estimate of drug-likeness (QED) is 0.681. The fourth-order valence-electron chi connectivity index (χ4n) is 1.97. The van der Waals surface area contributed by atoms with Crippen molar-refractivity contribution in [1.29, 1.82) is 0 Å². The Morgan fingerprint density at radius 3 is 2.76 bits per heavy atom. The molecule has 130 valence electrons. The van der Waals surface area contributed by atoms with Crippen LogP contribution in [0.15, 0.2) is 36.5 Å². The summed E-state index contributed by atoms with van der Waals surface area (Å²) in [7, 11) is 0. The molecule has 2 aromatic heterocycles. The molecule has 0 fully saturated rings. The highest BCUT2D eigenvalue weighted by atomic mass is 35.5. The van der Waals surface area contributed by atoms with Crippen LogP contribution in [0.25, 0.3) is 5.69 Å². The van der Waals surface area contributed by atoms with Crippen molar-refractivity contribution in [2.45, 2.75) is 12.5 Å². The van der Waals surface area contributed by atoms with E-state index >= 15 is 0 Å². The predicted molar refractivity (Wildman–Crippen MR) is 87.2 cm³/mol. The average molecular weight is 365 g/mol. The number of tetrazole rings is 1. The zero-order valence-corrected chi connectivity index (χ0v) is 13.6. The molecule has 8 nitrogen and oxygen atoms in total. The van der Waals surface area contributed by atoms with Gasteiger partial charge in [0.15, 0.2) is 11.6 Å². The number of halogens is 2. The number of nitrogens with zero attached hydrogens (tertiary/aromatic N) is 5. The number of pyridine rings is 1. The zero-order valence-electron chi connectivity index (χ0n) is 12.9. The topological polar surface area (TPSA) is 112 Å². The fraction of sp³-hybridized carbons (Fsp3) is 0.200. The van der Waals surface area contributed by atoms with E-state index in [1.165, 1.54) is 11.0 Å². The predicted octanol–water partition coefficient (Wildman–Crippen LogP) is 1.50. The number of benzene rings is 1. The molecule has 0 bridgehead atoms. The van der Waals surface area contributed by atoms with Crippen LogP contribution in [0.5, 0.6) is 11.6 Å².